The summed E-state index contributed by atoms with van der Waals surface area (Å²) < 4.78 is 0. The fourth-order valence-electron chi connectivity index (χ4n) is 4.67. The van der Waals surface area contributed by atoms with Gasteiger partial charge in [-0.25, -0.2) is 0 Å². The number of hydrazone groups is 1. The van der Waals surface area contributed by atoms with E-state index in [1.165, 1.54) is 19.3 Å². The summed E-state index contributed by atoms with van der Waals surface area (Å²) in [5.41, 5.74) is 3.53. The van der Waals surface area contributed by atoms with E-state index in [9.17, 15) is 5.11 Å². The van der Waals surface area contributed by atoms with Crippen molar-refractivity contribution in [1.82, 2.24) is 10.7 Å². The smallest absolute Gasteiger partial charge is 0.187 e. The van der Waals surface area contributed by atoms with Crippen molar-refractivity contribution in [1.29, 1.82) is 0 Å². The van der Waals surface area contributed by atoms with Gasteiger partial charge in [0.25, 0.3) is 0 Å². The molecule has 0 saturated heterocycles. The number of aromatic hydroxyl groups is 1. The SMILES string of the molecule is Oc1ccccc1/C=N\NC(=S)N[C@@H]1C[C@@H]2C[C@@H]1[C@H]1C=CC[C@H]21. The van der Waals surface area contributed by atoms with Crippen LogP contribution >= 0.6 is 12.2 Å². The molecule has 2 bridgehead atoms. The van der Waals surface area contributed by atoms with Crippen LogP contribution in [0.3, 0.4) is 0 Å². The van der Waals surface area contributed by atoms with Crippen LogP contribution in [0.2, 0.25) is 0 Å². The first kappa shape index (κ1) is 14.7. The number of rotatable bonds is 3. The second-order valence-electron chi connectivity index (χ2n) is 6.81. The highest BCUT2D eigenvalue weighted by Gasteiger charge is 2.52. The van der Waals surface area contributed by atoms with Gasteiger partial charge in [0.1, 0.15) is 5.75 Å². The number of nitrogens with one attached hydrogen (secondary N) is 2. The van der Waals surface area contributed by atoms with Gasteiger partial charge in [0.15, 0.2) is 5.11 Å². The Bertz CT molecular complexity index is 672. The molecule has 3 aliphatic carbocycles. The van der Waals surface area contributed by atoms with E-state index in [4.69, 9.17) is 12.2 Å². The van der Waals surface area contributed by atoms with E-state index >= 15 is 0 Å². The Morgan fingerprint density at radius 1 is 1.26 bits per heavy atom. The molecule has 5 atom stereocenters. The summed E-state index contributed by atoms with van der Waals surface area (Å²) in [7, 11) is 0. The zero-order valence-electron chi connectivity index (χ0n) is 12.9. The molecular formula is C18H21N3OS. The van der Waals surface area contributed by atoms with Gasteiger partial charge in [0.05, 0.1) is 6.21 Å². The molecule has 0 heterocycles. The van der Waals surface area contributed by atoms with Crippen LogP contribution in [0.25, 0.3) is 0 Å². The third-order valence-electron chi connectivity index (χ3n) is 5.63. The van der Waals surface area contributed by atoms with Crippen molar-refractivity contribution in [3.63, 3.8) is 0 Å². The van der Waals surface area contributed by atoms with Crippen molar-refractivity contribution in [2.75, 3.05) is 0 Å². The van der Waals surface area contributed by atoms with E-state index in [1.807, 2.05) is 6.07 Å². The Hall–Kier alpha value is -1.88. The van der Waals surface area contributed by atoms with Gasteiger partial charge < -0.3 is 10.4 Å². The molecule has 0 radical (unpaired) electrons. The molecule has 1 aromatic carbocycles. The van der Waals surface area contributed by atoms with Gasteiger partial charge in [0.2, 0.25) is 0 Å². The summed E-state index contributed by atoms with van der Waals surface area (Å²) in [5, 5.41) is 17.8. The predicted molar refractivity (Wildman–Crippen MR) is 95.3 cm³/mol. The monoisotopic (exact) mass is 327 g/mol. The highest BCUT2D eigenvalue weighted by Crippen LogP contribution is 2.56. The highest BCUT2D eigenvalue weighted by atomic mass is 32.1. The van der Waals surface area contributed by atoms with Crippen molar-refractivity contribution in [2.45, 2.75) is 25.3 Å². The molecule has 0 aliphatic heterocycles. The van der Waals surface area contributed by atoms with Crippen LogP contribution in [-0.4, -0.2) is 22.5 Å². The fraction of sp³-hybridized carbons (Fsp3) is 0.444. The molecule has 23 heavy (non-hydrogen) atoms. The molecule has 0 amide bonds. The summed E-state index contributed by atoms with van der Waals surface area (Å²) >= 11 is 5.36. The topological polar surface area (TPSA) is 56.7 Å². The van der Waals surface area contributed by atoms with Gasteiger partial charge in [-0.3, -0.25) is 5.43 Å². The Balaban J connectivity index is 1.31. The third-order valence-corrected chi connectivity index (χ3v) is 5.84. The van der Waals surface area contributed by atoms with Gasteiger partial charge in [-0.2, -0.15) is 5.10 Å². The number of fused-ring (bicyclic) bond motifs is 5. The predicted octanol–water partition coefficient (Wildman–Crippen LogP) is 2.79. The van der Waals surface area contributed by atoms with Crippen molar-refractivity contribution in [3.05, 3.63) is 42.0 Å². The Morgan fingerprint density at radius 2 is 2.13 bits per heavy atom. The maximum Gasteiger partial charge on any atom is 0.187 e. The molecule has 4 nitrogen and oxygen atoms in total. The number of benzene rings is 1. The molecule has 0 spiro atoms. The first-order chi connectivity index (χ1) is 11.2. The van der Waals surface area contributed by atoms with Crippen LogP contribution in [0, 0.1) is 23.7 Å². The molecule has 3 N–H and O–H groups in total. The first-order valence-electron chi connectivity index (χ1n) is 8.26. The molecule has 120 valence electrons. The number of hydrogen-bond acceptors (Lipinski definition) is 3. The molecule has 0 aromatic heterocycles. The molecule has 2 fully saturated rings. The fourth-order valence-corrected chi connectivity index (χ4v) is 4.87. The number of thiocarbonyl (C=S) groups is 1. The molecule has 0 unspecified atom stereocenters. The maximum absolute atomic E-state index is 9.69. The average molecular weight is 327 g/mol. The number of phenols is 1. The van der Waals surface area contributed by atoms with Crippen LogP contribution in [0.15, 0.2) is 41.5 Å². The molecule has 2 saturated carbocycles. The lowest BCUT2D eigenvalue weighted by atomic mass is 9.79. The largest absolute Gasteiger partial charge is 0.507 e. The maximum atomic E-state index is 9.69. The van der Waals surface area contributed by atoms with Gasteiger partial charge in [-0.15, -0.1) is 0 Å². The summed E-state index contributed by atoms with van der Waals surface area (Å²) in [5.74, 6) is 3.41. The van der Waals surface area contributed by atoms with Gasteiger partial charge in [-0.05, 0) is 67.3 Å². The van der Waals surface area contributed by atoms with Gasteiger partial charge in [-0.1, -0.05) is 24.3 Å². The van der Waals surface area contributed by atoms with E-state index in [-0.39, 0.29) is 5.75 Å². The van der Waals surface area contributed by atoms with E-state index in [1.54, 1.807) is 24.4 Å². The Labute approximate surface area is 141 Å². The minimum Gasteiger partial charge on any atom is -0.507 e. The molecule has 4 rings (SSSR count). The van der Waals surface area contributed by atoms with Gasteiger partial charge in [0, 0.05) is 11.6 Å². The lowest BCUT2D eigenvalue weighted by Crippen LogP contribution is -2.45. The number of allylic oxidation sites excluding steroid dienone is 2. The van der Waals surface area contributed by atoms with Crippen LogP contribution in [-0.2, 0) is 0 Å². The number of para-hydroxylation sites is 1. The Morgan fingerprint density at radius 3 is 3.00 bits per heavy atom. The summed E-state index contributed by atoms with van der Waals surface area (Å²) in [6.07, 6.45) is 10.2. The normalized spacial score (nSPS) is 34.0. The molecular weight excluding hydrogens is 306 g/mol. The van der Waals surface area contributed by atoms with Crippen LogP contribution in [0.5, 0.6) is 5.75 Å². The summed E-state index contributed by atoms with van der Waals surface area (Å²) in [6, 6.07) is 7.55. The van der Waals surface area contributed by atoms with E-state index < -0.39 is 0 Å². The van der Waals surface area contributed by atoms with Crippen molar-refractivity contribution in [3.8, 4) is 5.75 Å². The highest BCUT2D eigenvalue weighted by molar-refractivity contribution is 7.80. The molecule has 5 heteroatoms. The summed E-state index contributed by atoms with van der Waals surface area (Å²) in [4.78, 5) is 0. The zero-order chi connectivity index (χ0) is 15.8. The van der Waals surface area contributed by atoms with Crippen LogP contribution in [0.1, 0.15) is 24.8 Å². The van der Waals surface area contributed by atoms with Crippen LogP contribution < -0.4 is 10.7 Å². The number of nitrogens with zero attached hydrogens (tertiary/aromatic N) is 1. The minimum atomic E-state index is 0.212. The average Bonchev–Trinajstić information content (AvgIpc) is 3.21. The van der Waals surface area contributed by atoms with Crippen molar-refractivity contribution in [2.24, 2.45) is 28.8 Å². The molecule has 3 aliphatic rings. The standard InChI is InChI=1S/C18H21N3OS/c22-17-7-2-1-4-11(17)10-19-21-18(23)20-16-9-12-8-15(16)14-6-3-5-13(12)14/h1-4,6-7,10,12-16,22H,5,8-9H2,(H2,20,21,23)/b19-10-/t12-,13+,14-,15+,16+/m0/s1. The quantitative estimate of drug-likeness (QED) is 0.346. The zero-order valence-corrected chi connectivity index (χ0v) is 13.7. The van der Waals surface area contributed by atoms with Crippen LogP contribution in [0.4, 0.5) is 0 Å². The van der Waals surface area contributed by atoms with E-state index in [0.29, 0.717) is 22.6 Å². The van der Waals surface area contributed by atoms with Gasteiger partial charge >= 0.3 is 0 Å². The molecule has 1 aromatic rings. The Kier molecular flexibility index (Phi) is 3.81. The van der Waals surface area contributed by atoms with Crippen molar-refractivity contribution < 1.29 is 5.11 Å². The van der Waals surface area contributed by atoms with Crippen molar-refractivity contribution >= 4 is 23.5 Å². The first-order valence-corrected chi connectivity index (χ1v) is 8.67. The van der Waals surface area contributed by atoms with E-state index in [0.717, 1.165) is 17.8 Å². The minimum absolute atomic E-state index is 0.212. The lowest BCUT2D eigenvalue weighted by Gasteiger charge is -2.32. The second-order valence-corrected chi connectivity index (χ2v) is 7.22. The summed E-state index contributed by atoms with van der Waals surface area (Å²) in [6.45, 7) is 0. The second kappa shape index (κ2) is 5.96. The number of phenolic OH excluding ortho intramolecular Hbond substituents is 1. The lowest BCUT2D eigenvalue weighted by molar-refractivity contribution is 0.246. The van der Waals surface area contributed by atoms with E-state index in [2.05, 4.69) is 28.0 Å². The number of hydrogen-bond donors (Lipinski definition) is 3. The third kappa shape index (κ3) is 2.74.